The van der Waals surface area contributed by atoms with Gasteiger partial charge >= 0.3 is 0 Å². The summed E-state index contributed by atoms with van der Waals surface area (Å²) >= 11 is 0. The number of fused-ring (bicyclic) bond motifs is 1. The molecule has 164 valence electrons. The lowest BCUT2D eigenvalue weighted by Crippen LogP contribution is -2.25. The van der Waals surface area contributed by atoms with E-state index in [0.29, 0.717) is 31.0 Å². The molecule has 7 heteroatoms. The number of carbonyl (C=O) groups excluding carboxylic acids is 1. The van der Waals surface area contributed by atoms with Crippen molar-refractivity contribution >= 4 is 16.9 Å². The van der Waals surface area contributed by atoms with Gasteiger partial charge in [0.25, 0.3) is 5.91 Å². The Balaban J connectivity index is 1.47. The number of imidazole rings is 1. The highest BCUT2D eigenvalue weighted by molar-refractivity contribution is 5.94. The summed E-state index contributed by atoms with van der Waals surface area (Å²) in [7, 11) is 3.20. The van der Waals surface area contributed by atoms with Gasteiger partial charge < -0.3 is 24.1 Å². The first kappa shape index (κ1) is 21.2. The fourth-order valence-electron chi connectivity index (χ4n) is 3.48. The SMILES string of the molecule is COc1cccc(OCCn2c(CNC(=O)c3cccc(OC)c3)nc3ccccc32)c1. The van der Waals surface area contributed by atoms with Gasteiger partial charge in [-0.25, -0.2) is 4.98 Å². The summed E-state index contributed by atoms with van der Waals surface area (Å²) in [5, 5.41) is 2.96. The standard InChI is InChI=1S/C25H25N3O4/c1-30-19-8-5-7-18(15-19)25(29)26-17-24-27-22-11-3-4-12-23(22)28(24)13-14-32-21-10-6-9-20(16-21)31-2/h3-12,15-16H,13-14,17H2,1-2H3,(H,26,29). The predicted octanol–water partition coefficient (Wildman–Crippen LogP) is 4.06. The van der Waals surface area contributed by atoms with E-state index in [4.69, 9.17) is 19.2 Å². The summed E-state index contributed by atoms with van der Waals surface area (Å²) in [6, 6.07) is 22.5. The maximum Gasteiger partial charge on any atom is 0.251 e. The zero-order chi connectivity index (χ0) is 22.3. The molecule has 3 aromatic carbocycles. The maximum absolute atomic E-state index is 12.6. The van der Waals surface area contributed by atoms with Gasteiger partial charge in [0.2, 0.25) is 0 Å². The van der Waals surface area contributed by atoms with Gasteiger partial charge in [0.1, 0.15) is 29.7 Å². The highest BCUT2D eigenvalue weighted by Crippen LogP contribution is 2.20. The van der Waals surface area contributed by atoms with Crippen molar-refractivity contribution in [3.8, 4) is 17.2 Å². The molecule has 0 saturated heterocycles. The second-order valence-corrected chi connectivity index (χ2v) is 7.11. The molecule has 0 radical (unpaired) electrons. The van der Waals surface area contributed by atoms with Gasteiger partial charge in [0.15, 0.2) is 0 Å². The van der Waals surface area contributed by atoms with Crippen molar-refractivity contribution < 1.29 is 19.0 Å². The van der Waals surface area contributed by atoms with Crippen LogP contribution in [0, 0.1) is 0 Å². The van der Waals surface area contributed by atoms with Crippen LogP contribution in [0.25, 0.3) is 11.0 Å². The van der Waals surface area contributed by atoms with Crippen LogP contribution in [0.2, 0.25) is 0 Å². The van der Waals surface area contributed by atoms with Crippen molar-refractivity contribution in [1.29, 1.82) is 0 Å². The average molecular weight is 431 g/mol. The van der Waals surface area contributed by atoms with Crippen LogP contribution in [0.1, 0.15) is 16.2 Å². The van der Waals surface area contributed by atoms with Crippen molar-refractivity contribution in [2.45, 2.75) is 13.1 Å². The van der Waals surface area contributed by atoms with Crippen molar-refractivity contribution in [2.24, 2.45) is 0 Å². The fraction of sp³-hybridized carbons (Fsp3) is 0.200. The summed E-state index contributed by atoms with van der Waals surface area (Å²) in [6.45, 7) is 1.33. The molecule has 0 unspecified atom stereocenters. The minimum Gasteiger partial charge on any atom is -0.497 e. The number of nitrogens with zero attached hydrogens (tertiary/aromatic N) is 2. The number of benzene rings is 3. The van der Waals surface area contributed by atoms with Crippen LogP contribution in [0.5, 0.6) is 17.2 Å². The van der Waals surface area contributed by atoms with Crippen molar-refractivity contribution in [1.82, 2.24) is 14.9 Å². The Hall–Kier alpha value is -4.00. The van der Waals surface area contributed by atoms with E-state index in [1.54, 1.807) is 38.5 Å². The Labute approximate surface area is 186 Å². The highest BCUT2D eigenvalue weighted by Gasteiger charge is 2.13. The molecule has 1 N–H and O–H groups in total. The van der Waals surface area contributed by atoms with Gasteiger partial charge in [0, 0.05) is 11.6 Å². The number of para-hydroxylation sites is 2. The number of hydrogen-bond donors (Lipinski definition) is 1. The molecule has 0 bridgehead atoms. The lowest BCUT2D eigenvalue weighted by molar-refractivity contribution is 0.0949. The number of carbonyl (C=O) groups is 1. The Morgan fingerprint density at radius 1 is 0.906 bits per heavy atom. The third-order valence-corrected chi connectivity index (χ3v) is 5.10. The summed E-state index contributed by atoms with van der Waals surface area (Å²) < 4.78 is 18.4. The lowest BCUT2D eigenvalue weighted by atomic mass is 10.2. The van der Waals surface area contributed by atoms with Gasteiger partial charge in [0.05, 0.1) is 38.3 Å². The first-order valence-corrected chi connectivity index (χ1v) is 10.3. The van der Waals surface area contributed by atoms with E-state index in [0.717, 1.165) is 28.4 Å². The zero-order valence-electron chi connectivity index (χ0n) is 18.1. The number of aromatic nitrogens is 2. The van der Waals surface area contributed by atoms with Gasteiger partial charge in [-0.2, -0.15) is 0 Å². The Bertz CT molecular complexity index is 1220. The number of ether oxygens (including phenoxy) is 3. The first-order chi connectivity index (χ1) is 15.7. The number of rotatable bonds is 9. The largest absolute Gasteiger partial charge is 0.497 e. The van der Waals surface area contributed by atoms with Crippen molar-refractivity contribution in [2.75, 3.05) is 20.8 Å². The molecular weight excluding hydrogens is 406 g/mol. The summed E-state index contributed by atoms with van der Waals surface area (Å²) in [6.07, 6.45) is 0. The summed E-state index contributed by atoms with van der Waals surface area (Å²) in [5.74, 6) is 2.70. The monoisotopic (exact) mass is 431 g/mol. The molecule has 0 fully saturated rings. The zero-order valence-corrected chi connectivity index (χ0v) is 18.1. The molecule has 7 nitrogen and oxygen atoms in total. The molecule has 1 heterocycles. The summed E-state index contributed by atoms with van der Waals surface area (Å²) in [4.78, 5) is 17.3. The van der Waals surface area contributed by atoms with Crippen LogP contribution < -0.4 is 19.5 Å². The lowest BCUT2D eigenvalue weighted by Gasteiger charge is -2.12. The molecule has 1 amide bonds. The molecule has 1 aromatic heterocycles. The van der Waals surface area contributed by atoms with Crippen LogP contribution >= 0.6 is 0 Å². The third-order valence-electron chi connectivity index (χ3n) is 5.10. The highest BCUT2D eigenvalue weighted by atomic mass is 16.5. The Morgan fingerprint density at radius 3 is 2.44 bits per heavy atom. The van der Waals surface area contributed by atoms with E-state index in [1.807, 2.05) is 48.5 Å². The van der Waals surface area contributed by atoms with Gasteiger partial charge in [-0.15, -0.1) is 0 Å². The van der Waals surface area contributed by atoms with Crippen LogP contribution in [0.4, 0.5) is 0 Å². The normalized spacial score (nSPS) is 10.7. The molecule has 4 aromatic rings. The molecule has 0 spiro atoms. The smallest absolute Gasteiger partial charge is 0.251 e. The quantitative estimate of drug-likeness (QED) is 0.433. The van der Waals surface area contributed by atoms with Crippen LogP contribution in [-0.2, 0) is 13.1 Å². The number of nitrogens with one attached hydrogen (secondary N) is 1. The van der Waals surface area contributed by atoms with E-state index in [9.17, 15) is 4.79 Å². The molecule has 0 atom stereocenters. The third kappa shape index (κ3) is 4.83. The summed E-state index contributed by atoms with van der Waals surface area (Å²) in [5.41, 5.74) is 2.40. The Kier molecular flexibility index (Phi) is 6.55. The van der Waals surface area contributed by atoms with Crippen LogP contribution in [-0.4, -0.2) is 36.3 Å². The molecular formula is C25H25N3O4. The minimum atomic E-state index is -0.185. The maximum atomic E-state index is 12.6. The van der Waals surface area contributed by atoms with Gasteiger partial charge in [-0.3, -0.25) is 4.79 Å². The molecule has 0 aliphatic rings. The number of amides is 1. The van der Waals surface area contributed by atoms with Gasteiger partial charge in [-0.1, -0.05) is 24.3 Å². The number of hydrogen-bond acceptors (Lipinski definition) is 5. The molecule has 4 rings (SSSR count). The topological polar surface area (TPSA) is 74.6 Å². The van der Waals surface area contributed by atoms with Crippen LogP contribution in [0.3, 0.4) is 0 Å². The average Bonchev–Trinajstić information content (AvgIpc) is 3.20. The second-order valence-electron chi connectivity index (χ2n) is 7.11. The van der Waals surface area contributed by atoms with Gasteiger partial charge in [-0.05, 0) is 42.5 Å². The molecule has 32 heavy (non-hydrogen) atoms. The minimum absolute atomic E-state index is 0.185. The molecule has 0 aliphatic carbocycles. The van der Waals surface area contributed by atoms with Crippen LogP contribution in [0.15, 0.2) is 72.8 Å². The number of methoxy groups -OCH3 is 2. The van der Waals surface area contributed by atoms with E-state index in [-0.39, 0.29) is 5.91 Å². The van der Waals surface area contributed by atoms with Crippen molar-refractivity contribution in [3.63, 3.8) is 0 Å². The fourth-order valence-corrected chi connectivity index (χ4v) is 3.48. The first-order valence-electron chi connectivity index (χ1n) is 10.3. The van der Waals surface area contributed by atoms with E-state index < -0.39 is 0 Å². The van der Waals surface area contributed by atoms with Crippen molar-refractivity contribution in [3.05, 3.63) is 84.2 Å². The van der Waals surface area contributed by atoms with E-state index >= 15 is 0 Å². The molecule has 0 saturated carbocycles. The molecule has 0 aliphatic heterocycles. The van der Waals surface area contributed by atoms with E-state index in [2.05, 4.69) is 9.88 Å². The Morgan fingerprint density at radius 2 is 1.62 bits per heavy atom. The van der Waals surface area contributed by atoms with E-state index in [1.165, 1.54) is 0 Å². The second kappa shape index (κ2) is 9.87. The predicted molar refractivity (Wildman–Crippen MR) is 122 cm³/mol.